The standard InChI is InChI=1S/C27H29F2N5O4/c1-4-23(35)33-19-13-38-12-18(19)32-22-8-16-15(11-30-22)7-17(34-27(16)31-10-14-5-6-14)24-25(28)20(36-2)9-21(37-3)26(24)29/h4,7-9,11,14,18-19H,1,5-6,10,12-13H2,2-3H3,(H,30,32)(H,31,34)(H,33,35)/t18-,19+/m1/s1/i2D3,3D3. The maximum absolute atomic E-state index is 15.7. The van der Waals surface area contributed by atoms with E-state index in [0.29, 0.717) is 48.3 Å². The van der Waals surface area contributed by atoms with Crippen molar-refractivity contribution >= 4 is 28.3 Å². The van der Waals surface area contributed by atoms with Crippen molar-refractivity contribution in [2.45, 2.75) is 24.9 Å². The number of pyridine rings is 2. The highest BCUT2D eigenvalue weighted by molar-refractivity contribution is 5.96. The van der Waals surface area contributed by atoms with Crippen LogP contribution in [0.3, 0.4) is 0 Å². The molecule has 1 aliphatic carbocycles. The van der Waals surface area contributed by atoms with Gasteiger partial charge < -0.3 is 30.2 Å². The number of benzene rings is 1. The van der Waals surface area contributed by atoms with Crippen molar-refractivity contribution in [1.29, 1.82) is 0 Å². The average molecular weight is 532 g/mol. The van der Waals surface area contributed by atoms with Gasteiger partial charge in [-0.15, -0.1) is 0 Å². The number of rotatable bonds is 10. The van der Waals surface area contributed by atoms with E-state index in [4.69, 9.17) is 22.4 Å². The van der Waals surface area contributed by atoms with E-state index in [2.05, 4.69) is 32.5 Å². The summed E-state index contributed by atoms with van der Waals surface area (Å²) in [6, 6.07) is 2.92. The number of anilines is 2. The molecule has 11 heteroatoms. The second-order valence-corrected chi connectivity index (χ2v) is 9.16. The Hall–Kier alpha value is -3.99. The first-order valence-electron chi connectivity index (χ1n) is 14.9. The van der Waals surface area contributed by atoms with E-state index in [0.717, 1.165) is 12.8 Å². The molecule has 9 nitrogen and oxygen atoms in total. The molecule has 1 amide bonds. The van der Waals surface area contributed by atoms with Gasteiger partial charge in [0.15, 0.2) is 23.1 Å². The van der Waals surface area contributed by atoms with E-state index in [9.17, 15) is 4.79 Å². The van der Waals surface area contributed by atoms with Gasteiger partial charge in [-0.3, -0.25) is 4.79 Å². The lowest BCUT2D eigenvalue weighted by molar-refractivity contribution is -0.117. The number of amides is 1. The molecule has 1 aromatic carbocycles. The number of nitrogens with one attached hydrogen (secondary N) is 3. The topological polar surface area (TPSA) is 107 Å². The highest BCUT2D eigenvalue weighted by Gasteiger charge is 2.30. The number of aromatic nitrogens is 2. The number of hydrogen-bond donors (Lipinski definition) is 3. The smallest absolute Gasteiger partial charge is 0.243 e. The van der Waals surface area contributed by atoms with Gasteiger partial charge in [0, 0.05) is 29.6 Å². The van der Waals surface area contributed by atoms with E-state index in [1.165, 1.54) is 18.3 Å². The highest BCUT2D eigenvalue weighted by atomic mass is 19.1. The maximum Gasteiger partial charge on any atom is 0.243 e. The van der Waals surface area contributed by atoms with Gasteiger partial charge in [-0.05, 0) is 37.0 Å². The molecular weight excluding hydrogens is 496 g/mol. The lowest BCUT2D eigenvalue weighted by Crippen LogP contribution is -2.45. The Morgan fingerprint density at radius 3 is 2.61 bits per heavy atom. The molecule has 3 aromatic rings. The molecule has 3 N–H and O–H groups in total. The van der Waals surface area contributed by atoms with Gasteiger partial charge in [0.2, 0.25) is 5.91 Å². The molecule has 0 bridgehead atoms. The first kappa shape index (κ1) is 19.1. The summed E-state index contributed by atoms with van der Waals surface area (Å²) in [6.07, 6.45) is 4.63. The van der Waals surface area contributed by atoms with Crippen molar-refractivity contribution in [1.82, 2.24) is 15.3 Å². The number of carbonyl (C=O) groups excluding carboxylic acids is 1. The Balaban J connectivity index is 1.58. The van der Waals surface area contributed by atoms with Crippen molar-refractivity contribution in [2.75, 3.05) is 44.5 Å². The first-order valence-corrected chi connectivity index (χ1v) is 11.9. The quantitative estimate of drug-likeness (QED) is 0.339. The predicted molar refractivity (Wildman–Crippen MR) is 140 cm³/mol. The van der Waals surface area contributed by atoms with Gasteiger partial charge in [0.1, 0.15) is 11.6 Å². The molecule has 0 unspecified atom stereocenters. The van der Waals surface area contributed by atoms with Crippen molar-refractivity contribution in [2.24, 2.45) is 5.92 Å². The van der Waals surface area contributed by atoms with Gasteiger partial charge in [-0.1, -0.05) is 6.58 Å². The van der Waals surface area contributed by atoms with Crippen LogP contribution in [0.5, 0.6) is 11.5 Å². The van der Waals surface area contributed by atoms with Gasteiger partial charge in [0.25, 0.3) is 0 Å². The van der Waals surface area contributed by atoms with Gasteiger partial charge >= 0.3 is 0 Å². The summed E-state index contributed by atoms with van der Waals surface area (Å²) in [5, 5.41) is 10.2. The zero-order valence-corrected chi connectivity index (χ0v) is 20.1. The van der Waals surface area contributed by atoms with Crippen LogP contribution in [0.25, 0.3) is 22.0 Å². The normalized spacial score (nSPS) is 21.7. The summed E-state index contributed by atoms with van der Waals surface area (Å²) in [7, 11) is -6.27. The van der Waals surface area contributed by atoms with Crippen molar-refractivity contribution < 1.29 is 36.0 Å². The van der Waals surface area contributed by atoms with Crippen LogP contribution in [-0.2, 0) is 9.53 Å². The summed E-state index contributed by atoms with van der Waals surface area (Å²) in [5.41, 5.74) is -1.12. The van der Waals surface area contributed by atoms with E-state index in [1.54, 1.807) is 6.07 Å². The summed E-state index contributed by atoms with van der Waals surface area (Å²) in [5.74, 6) is -3.96. The average Bonchev–Trinajstić information content (AvgIpc) is 3.67. The first-order chi connectivity index (χ1) is 20.7. The van der Waals surface area contributed by atoms with Crippen molar-refractivity contribution in [3.8, 4) is 22.8 Å². The maximum atomic E-state index is 15.7. The third-order valence-corrected chi connectivity index (χ3v) is 6.51. The Morgan fingerprint density at radius 2 is 1.92 bits per heavy atom. The van der Waals surface area contributed by atoms with E-state index < -0.39 is 42.8 Å². The fraction of sp³-hybridized carbons (Fsp3) is 0.370. The molecule has 1 saturated carbocycles. The number of nitrogens with zero attached hydrogens (tertiary/aromatic N) is 2. The van der Waals surface area contributed by atoms with Crippen LogP contribution in [0.4, 0.5) is 20.4 Å². The minimum atomic E-state index is -3.13. The van der Waals surface area contributed by atoms with Gasteiger partial charge in [0.05, 0.1) is 58.9 Å². The Labute approximate surface area is 227 Å². The number of ether oxygens (including phenoxy) is 3. The minimum absolute atomic E-state index is 0.258. The Bertz CT molecular complexity index is 1550. The summed E-state index contributed by atoms with van der Waals surface area (Å²) in [4.78, 5) is 20.7. The summed E-state index contributed by atoms with van der Waals surface area (Å²) < 4.78 is 90.6. The lowest BCUT2D eigenvalue weighted by Gasteiger charge is -2.21. The summed E-state index contributed by atoms with van der Waals surface area (Å²) in [6.45, 7) is 4.59. The molecule has 0 spiro atoms. The second kappa shape index (κ2) is 10.8. The molecule has 2 aliphatic rings. The zero-order chi connectivity index (χ0) is 31.8. The molecule has 1 aliphatic heterocycles. The number of halogens is 2. The fourth-order valence-corrected chi connectivity index (χ4v) is 4.28. The van der Waals surface area contributed by atoms with Crippen LogP contribution >= 0.6 is 0 Å². The van der Waals surface area contributed by atoms with Gasteiger partial charge in [-0.25, -0.2) is 18.7 Å². The van der Waals surface area contributed by atoms with Crippen molar-refractivity contribution in [3.63, 3.8) is 0 Å². The molecule has 2 aromatic heterocycles. The molecule has 0 radical (unpaired) electrons. The molecular formula is C27H29F2N5O4. The molecule has 200 valence electrons. The minimum Gasteiger partial charge on any atom is -0.494 e. The van der Waals surface area contributed by atoms with Gasteiger partial charge in [-0.2, -0.15) is 0 Å². The predicted octanol–water partition coefficient (Wildman–Crippen LogP) is 3.90. The van der Waals surface area contributed by atoms with E-state index in [-0.39, 0.29) is 29.5 Å². The lowest BCUT2D eigenvalue weighted by atomic mass is 10.1. The SMILES string of the molecule is [2H]C([2H])([2H])Oc1cc(OC([2H])([2H])[2H])c(F)c(-c2cc3cnc(N[C@@H]4COC[C@@H]4NC(=O)C=C)cc3c(NCC3CC3)n2)c1F. The number of carbonyl (C=O) groups is 1. The zero-order valence-electron chi connectivity index (χ0n) is 26.1. The Morgan fingerprint density at radius 1 is 1.18 bits per heavy atom. The van der Waals surface area contributed by atoms with Crippen LogP contribution in [0.15, 0.2) is 37.1 Å². The third-order valence-electron chi connectivity index (χ3n) is 6.51. The second-order valence-electron chi connectivity index (χ2n) is 9.16. The molecule has 1 saturated heterocycles. The van der Waals surface area contributed by atoms with Crippen LogP contribution in [0.1, 0.15) is 21.1 Å². The molecule has 2 fully saturated rings. The summed E-state index contributed by atoms with van der Waals surface area (Å²) >= 11 is 0. The number of hydrogen-bond acceptors (Lipinski definition) is 8. The highest BCUT2D eigenvalue weighted by Crippen LogP contribution is 2.39. The monoisotopic (exact) mass is 531 g/mol. The fourth-order valence-electron chi connectivity index (χ4n) is 4.28. The third kappa shape index (κ3) is 5.19. The number of fused-ring (bicyclic) bond motifs is 1. The molecule has 3 heterocycles. The van der Waals surface area contributed by atoms with Crippen molar-refractivity contribution in [3.05, 3.63) is 48.7 Å². The van der Waals surface area contributed by atoms with Crippen LogP contribution in [0.2, 0.25) is 0 Å². The van der Waals surface area contributed by atoms with E-state index in [1.807, 2.05) is 0 Å². The van der Waals surface area contributed by atoms with Crippen LogP contribution in [0, 0.1) is 17.6 Å². The Kier molecular flexibility index (Phi) is 5.43. The number of methoxy groups -OCH3 is 2. The largest absolute Gasteiger partial charge is 0.494 e. The van der Waals surface area contributed by atoms with Crippen LogP contribution < -0.4 is 25.4 Å². The van der Waals surface area contributed by atoms with Crippen LogP contribution in [-0.4, -0.2) is 61.8 Å². The molecule has 5 rings (SSSR count). The molecule has 2 atom stereocenters. The molecule has 38 heavy (non-hydrogen) atoms. The van der Waals surface area contributed by atoms with E-state index >= 15 is 8.78 Å².